The number of ketones is 1. The molecule has 3 aromatic carbocycles. The molecule has 3 aromatic rings. The van der Waals surface area contributed by atoms with Crippen LogP contribution >= 0.6 is 0 Å². The zero-order valence-electron chi connectivity index (χ0n) is 13.4. The highest BCUT2D eigenvalue weighted by Gasteiger charge is 2.17. The van der Waals surface area contributed by atoms with Gasteiger partial charge in [0, 0.05) is 23.9 Å². The smallest absolute Gasteiger partial charge is 0.195 e. The topological polar surface area (TPSA) is 20.3 Å². The van der Waals surface area contributed by atoms with Gasteiger partial charge in [-0.3, -0.25) is 4.79 Å². The predicted molar refractivity (Wildman–Crippen MR) is 95.6 cm³/mol. The SMILES string of the molecule is Cc1ccccc1N(C)c1ccccc1C(=O)c1ccccc1. The molecule has 2 nitrogen and oxygen atoms in total. The summed E-state index contributed by atoms with van der Waals surface area (Å²) in [5, 5.41) is 0. The van der Waals surface area contributed by atoms with Crippen molar-refractivity contribution < 1.29 is 4.79 Å². The molecular formula is C21H19NO. The highest BCUT2D eigenvalue weighted by Crippen LogP contribution is 2.30. The van der Waals surface area contributed by atoms with Gasteiger partial charge in [0.15, 0.2) is 5.78 Å². The van der Waals surface area contributed by atoms with Crippen LogP contribution in [0.15, 0.2) is 78.9 Å². The molecule has 3 rings (SSSR count). The molecule has 2 heteroatoms. The van der Waals surface area contributed by atoms with Crippen LogP contribution in [0.5, 0.6) is 0 Å². The number of rotatable bonds is 4. The quantitative estimate of drug-likeness (QED) is 0.632. The summed E-state index contributed by atoms with van der Waals surface area (Å²) in [5.41, 5.74) is 4.61. The van der Waals surface area contributed by atoms with E-state index in [0.29, 0.717) is 11.1 Å². The normalized spacial score (nSPS) is 10.3. The van der Waals surface area contributed by atoms with Crippen LogP contribution in [0.1, 0.15) is 21.5 Å². The Morgan fingerprint density at radius 2 is 1.30 bits per heavy atom. The van der Waals surface area contributed by atoms with Crippen molar-refractivity contribution in [1.29, 1.82) is 0 Å². The zero-order valence-corrected chi connectivity index (χ0v) is 13.4. The van der Waals surface area contributed by atoms with Crippen LogP contribution in [0.4, 0.5) is 11.4 Å². The van der Waals surface area contributed by atoms with E-state index in [9.17, 15) is 4.79 Å². The van der Waals surface area contributed by atoms with Crippen molar-refractivity contribution in [3.8, 4) is 0 Å². The molecule has 0 fully saturated rings. The van der Waals surface area contributed by atoms with Gasteiger partial charge in [0.05, 0.1) is 5.69 Å². The minimum Gasteiger partial charge on any atom is -0.344 e. The van der Waals surface area contributed by atoms with Gasteiger partial charge in [-0.1, -0.05) is 60.7 Å². The van der Waals surface area contributed by atoms with E-state index in [0.717, 1.165) is 11.4 Å². The summed E-state index contributed by atoms with van der Waals surface area (Å²) in [7, 11) is 2.00. The first-order chi connectivity index (χ1) is 11.2. The molecule has 0 saturated carbocycles. The van der Waals surface area contributed by atoms with Gasteiger partial charge in [0.25, 0.3) is 0 Å². The number of nitrogens with zero attached hydrogens (tertiary/aromatic N) is 1. The maximum absolute atomic E-state index is 12.9. The van der Waals surface area contributed by atoms with Gasteiger partial charge in [0.1, 0.15) is 0 Å². The highest BCUT2D eigenvalue weighted by molar-refractivity contribution is 6.12. The van der Waals surface area contributed by atoms with Crippen LogP contribution in [0, 0.1) is 6.92 Å². The number of para-hydroxylation sites is 2. The lowest BCUT2D eigenvalue weighted by atomic mass is 10.0. The minimum absolute atomic E-state index is 0.0432. The van der Waals surface area contributed by atoms with Crippen molar-refractivity contribution in [2.45, 2.75) is 6.92 Å². The fraction of sp³-hybridized carbons (Fsp3) is 0.0952. The second kappa shape index (κ2) is 6.49. The van der Waals surface area contributed by atoms with Crippen LogP contribution in [-0.4, -0.2) is 12.8 Å². The molecule has 114 valence electrons. The van der Waals surface area contributed by atoms with Crippen LogP contribution in [0.2, 0.25) is 0 Å². The molecule has 0 saturated heterocycles. The molecule has 0 aromatic heterocycles. The van der Waals surface area contributed by atoms with Crippen molar-refractivity contribution in [2.75, 3.05) is 11.9 Å². The molecule has 0 radical (unpaired) electrons. The summed E-state index contributed by atoms with van der Waals surface area (Å²) < 4.78 is 0. The molecular weight excluding hydrogens is 282 g/mol. The summed E-state index contributed by atoms with van der Waals surface area (Å²) in [4.78, 5) is 14.9. The Labute approximate surface area is 137 Å². The molecule has 0 spiro atoms. The van der Waals surface area contributed by atoms with Crippen molar-refractivity contribution in [1.82, 2.24) is 0 Å². The third-order valence-corrected chi connectivity index (χ3v) is 4.02. The number of aryl methyl sites for hydroxylation is 1. The Kier molecular flexibility index (Phi) is 4.24. The average molecular weight is 301 g/mol. The van der Waals surface area contributed by atoms with E-state index in [2.05, 4.69) is 24.0 Å². The van der Waals surface area contributed by atoms with Crippen LogP contribution in [-0.2, 0) is 0 Å². The molecule has 0 N–H and O–H groups in total. The van der Waals surface area contributed by atoms with Crippen molar-refractivity contribution in [3.63, 3.8) is 0 Å². The van der Waals surface area contributed by atoms with E-state index in [1.807, 2.05) is 73.8 Å². The van der Waals surface area contributed by atoms with Crippen molar-refractivity contribution in [2.24, 2.45) is 0 Å². The zero-order chi connectivity index (χ0) is 16.2. The van der Waals surface area contributed by atoms with E-state index in [-0.39, 0.29) is 5.78 Å². The Hall–Kier alpha value is -2.87. The summed E-state index contributed by atoms with van der Waals surface area (Å²) >= 11 is 0. The predicted octanol–water partition coefficient (Wildman–Crippen LogP) is 4.99. The van der Waals surface area contributed by atoms with Gasteiger partial charge >= 0.3 is 0 Å². The van der Waals surface area contributed by atoms with Crippen molar-refractivity contribution in [3.05, 3.63) is 95.6 Å². The molecule has 0 unspecified atom stereocenters. The summed E-state index contributed by atoms with van der Waals surface area (Å²) in [6.45, 7) is 2.08. The molecule has 0 aliphatic carbocycles. The van der Waals surface area contributed by atoms with Crippen LogP contribution in [0.3, 0.4) is 0 Å². The Morgan fingerprint density at radius 3 is 2.00 bits per heavy atom. The van der Waals surface area contributed by atoms with Crippen molar-refractivity contribution >= 4 is 17.2 Å². The first-order valence-electron chi connectivity index (χ1n) is 7.66. The average Bonchev–Trinajstić information content (AvgIpc) is 2.62. The molecule has 23 heavy (non-hydrogen) atoms. The third-order valence-electron chi connectivity index (χ3n) is 4.02. The van der Waals surface area contributed by atoms with Gasteiger partial charge in [0.2, 0.25) is 0 Å². The van der Waals surface area contributed by atoms with E-state index in [1.165, 1.54) is 5.56 Å². The van der Waals surface area contributed by atoms with Crippen LogP contribution in [0.25, 0.3) is 0 Å². The highest BCUT2D eigenvalue weighted by atomic mass is 16.1. The minimum atomic E-state index is 0.0432. The number of hydrogen-bond donors (Lipinski definition) is 0. The summed E-state index contributed by atoms with van der Waals surface area (Å²) in [6.07, 6.45) is 0. The second-order valence-corrected chi connectivity index (χ2v) is 5.56. The van der Waals surface area contributed by atoms with Gasteiger partial charge in [-0.05, 0) is 30.7 Å². The number of anilines is 2. The lowest BCUT2D eigenvalue weighted by Gasteiger charge is -2.24. The maximum Gasteiger partial charge on any atom is 0.195 e. The van der Waals surface area contributed by atoms with Gasteiger partial charge < -0.3 is 4.90 Å². The van der Waals surface area contributed by atoms with E-state index in [1.54, 1.807) is 0 Å². The lowest BCUT2D eigenvalue weighted by Crippen LogP contribution is -2.15. The Bertz CT molecular complexity index is 824. The first kappa shape index (κ1) is 15.0. The molecule has 0 bridgehead atoms. The fourth-order valence-corrected chi connectivity index (χ4v) is 2.77. The summed E-state index contributed by atoms with van der Waals surface area (Å²) in [6, 6.07) is 25.3. The number of carbonyl (C=O) groups is 1. The molecule has 0 heterocycles. The summed E-state index contributed by atoms with van der Waals surface area (Å²) in [5.74, 6) is 0.0432. The van der Waals surface area contributed by atoms with Crippen LogP contribution < -0.4 is 4.90 Å². The van der Waals surface area contributed by atoms with E-state index < -0.39 is 0 Å². The second-order valence-electron chi connectivity index (χ2n) is 5.56. The molecule has 0 atom stereocenters. The monoisotopic (exact) mass is 301 g/mol. The number of carbonyl (C=O) groups excluding carboxylic acids is 1. The largest absolute Gasteiger partial charge is 0.344 e. The number of benzene rings is 3. The Balaban J connectivity index is 2.05. The van der Waals surface area contributed by atoms with E-state index in [4.69, 9.17) is 0 Å². The first-order valence-corrected chi connectivity index (χ1v) is 7.66. The Morgan fingerprint density at radius 1 is 0.739 bits per heavy atom. The molecule has 0 aliphatic heterocycles. The van der Waals surface area contributed by atoms with Gasteiger partial charge in [-0.15, -0.1) is 0 Å². The van der Waals surface area contributed by atoms with E-state index >= 15 is 0 Å². The standard InChI is InChI=1S/C21H19NO/c1-16-10-6-8-14-19(16)22(2)20-15-9-7-13-18(20)21(23)17-11-4-3-5-12-17/h3-15H,1-2H3. The van der Waals surface area contributed by atoms with Gasteiger partial charge in [-0.25, -0.2) is 0 Å². The lowest BCUT2D eigenvalue weighted by molar-refractivity contribution is 0.103. The maximum atomic E-state index is 12.9. The van der Waals surface area contributed by atoms with Gasteiger partial charge in [-0.2, -0.15) is 0 Å². The molecule has 0 aliphatic rings. The molecule has 0 amide bonds. The fourth-order valence-electron chi connectivity index (χ4n) is 2.77. The number of hydrogen-bond acceptors (Lipinski definition) is 2. The third kappa shape index (κ3) is 3.02.